The molecular weight excluding hydrogens is 345 g/mol. The molecule has 3 N–H and O–H groups in total. The van der Waals surface area contributed by atoms with Crippen LogP contribution in [0.5, 0.6) is 0 Å². The molecular formula is C17H19Cl2N5. The third-order valence-corrected chi connectivity index (χ3v) is 4.76. The molecule has 24 heavy (non-hydrogen) atoms. The number of nitrogens with zero attached hydrogens (tertiary/aromatic N) is 3. The van der Waals surface area contributed by atoms with Crippen molar-refractivity contribution in [2.75, 3.05) is 11.1 Å². The van der Waals surface area contributed by atoms with Crippen LogP contribution in [-0.2, 0) is 19.9 Å². The summed E-state index contributed by atoms with van der Waals surface area (Å²) in [5.74, 6) is 0.444. The molecule has 1 aliphatic carbocycles. The van der Waals surface area contributed by atoms with Crippen molar-refractivity contribution in [3.8, 4) is 0 Å². The fourth-order valence-corrected chi connectivity index (χ4v) is 3.48. The van der Waals surface area contributed by atoms with E-state index in [9.17, 15) is 0 Å². The Bertz CT molecular complexity index is 904. The molecule has 0 aliphatic heterocycles. The summed E-state index contributed by atoms with van der Waals surface area (Å²) in [6.45, 7) is 0. The average molecular weight is 364 g/mol. The summed E-state index contributed by atoms with van der Waals surface area (Å²) in [5.41, 5.74) is 12.0. The number of rotatable bonds is 2. The molecule has 0 bridgehead atoms. The van der Waals surface area contributed by atoms with Crippen molar-refractivity contribution in [2.45, 2.75) is 25.7 Å². The number of fused-ring (bicyclic) bond motifs is 2. The van der Waals surface area contributed by atoms with Crippen molar-refractivity contribution in [3.63, 3.8) is 0 Å². The van der Waals surface area contributed by atoms with Gasteiger partial charge in [0, 0.05) is 12.7 Å². The second kappa shape index (κ2) is 6.49. The third kappa shape index (κ3) is 2.78. The van der Waals surface area contributed by atoms with E-state index in [4.69, 9.17) is 17.3 Å². The normalized spacial score (nSPS) is 13.4. The number of aromatic nitrogens is 3. The topological polar surface area (TPSA) is 68.8 Å². The first-order valence-corrected chi connectivity index (χ1v) is 8.16. The van der Waals surface area contributed by atoms with Gasteiger partial charge < -0.3 is 15.6 Å². The van der Waals surface area contributed by atoms with Gasteiger partial charge in [-0.2, -0.15) is 0 Å². The van der Waals surface area contributed by atoms with Gasteiger partial charge in [0.1, 0.15) is 5.52 Å². The van der Waals surface area contributed by atoms with Gasteiger partial charge >= 0.3 is 0 Å². The van der Waals surface area contributed by atoms with E-state index in [0.717, 1.165) is 35.2 Å². The van der Waals surface area contributed by atoms with Gasteiger partial charge in [-0.05, 0) is 49.4 Å². The van der Waals surface area contributed by atoms with E-state index in [2.05, 4.69) is 21.4 Å². The molecule has 2 heterocycles. The molecule has 0 amide bonds. The van der Waals surface area contributed by atoms with Crippen LogP contribution in [0.3, 0.4) is 0 Å². The Morgan fingerprint density at radius 2 is 2.04 bits per heavy atom. The molecule has 7 heteroatoms. The van der Waals surface area contributed by atoms with Crippen molar-refractivity contribution < 1.29 is 0 Å². The van der Waals surface area contributed by atoms with Gasteiger partial charge in [-0.1, -0.05) is 11.6 Å². The quantitative estimate of drug-likeness (QED) is 0.713. The first-order valence-electron chi connectivity index (χ1n) is 7.78. The van der Waals surface area contributed by atoms with E-state index < -0.39 is 0 Å². The maximum Gasteiger partial charge on any atom is 0.201 e. The van der Waals surface area contributed by atoms with Crippen molar-refractivity contribution in [1.82, 2.24) is 14.5 Å². The van der Waals surface area contributed by atoms with Gasteiger partial charge in [-0.25, -0.2) is 4.98 Å². The molecule has 0 unspecified atom stereocenters. The lowest BCUT2D eigenvalue weighted by molar-refractivity contribution is 0.668. The van der Waals surface area contributed by atoms with Crippen molar-refractivity contribution in [2.24, 2.45) is 7.05 Å². The first-order chi connectivity index (χ1) is 11.1. The smallest absolute Gasteiger partial charge is 0.201 e. The molecule has 0 fully saturated rings. The summed E-state index contributed by atoms with van der Waals surface area (Å²) in [5, 5.41) is 4.05. The summed E-state index contributed by atoms with van der Waals surface area (Å²) in [6.07, 6.45) is 6.54. The molecule has 0 atom stereocenters. The Morgan fingerprint density at radius 3 is 2.88 bits per heavy atom. The van der Waals surface area contributed by atoms with E-state index in [1.54, 1.807) is 4.57 Å². The lowest BCUT2D eigenvalue weighted by Gasteiger charge is -2.16. The SMILES string of the molecule is Cl.Cn1c(N)nc2c(Nc3cnc4c(c3)CCCC4)ccc(Cl)c21. The second-order valence-corrected chi connectivity index (χ2v) is 6.39. The van der Waals surface area contributed by atoms with Crippen LogP contribution < -0.4 is 11.1 Å². The number of nitrogens with one attached hydrogen (secondary N) is 1. The number of aryl methyl sites for hydroxylation is 3. The monoisotopic (exact) mass is 363 g/mol. The average Bonchev–Trinajstić information content (AvgIpc) is 2.86. The van der Waals surface area contributed by atoms with Gasteiger partial charge in [-0.15, -0.1) is 12.4 Å². The summed E-state index contributed by atoms with van der Waals surface area (Å²) in [4.78, 5) is 9.03. The highest BCUT2D eigenvalue weighted by Crippen LogP contribution is 2.33. The maximum absolute atomic E-state index is 6.29. The summed E-state index contributed by atoms with van der Waals surface area (Å²) < 4.78 is 1.80. The predicted octanol–water partition coefficient (Wildman–Crippen LogP) is 4.25. The van der Waals surface area contributed by atoms with Crippen molar-refractivity contribution >= 4 is 52.4 Å². The van der Waals surface area contributed by atoms with Gasteiger partial charge in [-0.3, -0.25) is 4.98 Å². The Labute approximate surface area is 151 Å². The number of hydrogen-bond donors (Lipinski definition) is 2. The van der Waals surface area contributed by atoms with Crippen LogP contribution in [0.2, 0.25) is 5.02 Å². The Hall–Kier alpha value is -1.98. The molecule has 3 aromatic rings. The Morgan fingerprint density at radius 1 is 1.25 bits per heavy atom. The maximum atomic E-state index is 6.29. The third-order valence-electron chi connectivity index (χ3n) is 4.46. The van der Waals surface area contributed by atoms with Crippen LogP contribution in [-0.4, -0.2) is 14.5 Å². The minimum Gasteiger partial charge on any atom is -0.369 e. The Balaban J connectivity index is 0.00000169. The number of hydrogen-bond acceptors (Lipinski definition) is 4. The van der Waals surface area contributed by atoms with Crippen LogP contribution in [0, 0.1) is 0 Å². The molecule has 5 nitrogen and oxygen atoms in total. The molecule has 0 radical (unpaired) electrons. The minimum absolute atomic E-state index is 0. The van der Waals surface area contributed by atoms with Crippen molar-refractivity contribution in [3.05, 3.63) is 40.7 Å². The predicted molar refractivity (Wildman–Crippen MR) is 102 cm³/mol. The van der Waals surface area contributed by atoms with E-state index in [-0.39, 0.29) is 12.4 Å². The summed E-state index contributed by atoms with van der Waals surface area (Å²) in [6, 6.07) is 5.98. The molecule has 0 saturated heterocycles. The molecule has 2 aromatic heterocycles. The van der Waals surface area contributed by atoms with Crippen LogP contribution in [0.4, 0.5) is 17.3 Å². The van der Waals surface area contributed by atoms with Crippen LogP contribution in [0.1, 0.15) is 24.1 Å². The Kier molecular flexibility index (Phi) is 4.56. The molecule has 1 aromatic carbocycles. The number of nitrogen functional groups attached to an aromatic ring is 1. The highest BCUT2D eigenvalue weighted by Gasteiger charge is 2.15. The van der Waals surface area contributed by atoms with Crippen LogP contribution in [0.15, 0.2) is 24.4 Å². The highest BCUT2D eigenvalue weighted by molar-refractivity contribution is 6.35. The van der Waals surface area contributed by atoms with E-state index in [1.165, 1.54) is 24.1 Å². The molecule has 0 spiro atoms. The summed E-state index contributed by atoms with van der Waals surface area (Å²) >= 11 is 6.29. The van der Waals surface area contributed by atoms with Gasteiger partial charge in [0.2, 0.25) is 5.95 Å². The molecule has 1 aliphatic rings. The number of halogens is 2. The zero-order chi connectivity index (χ0) is 16.0. The van der Waals surface area contributed by atoms with E-state index >= 15 is 0 Å². The molecule has 126 valence electrons. The number of benzene rings is 1. The first kappa shape index (κ1) is 16.9. The zero-order valence-corrected chi connectivity index (χ0v) is 14.9. The van der Waals surface area contributed by atoms with Crippen LogP contribution >= 0.6 is 24.0 Å². The lowest BCUT2D eigenvalue weighted by Crippen LogP contribution is -2.06. The number of pyridine rings is 1. The van der Waals surface area contributed by atoms with Gasteiger partial charge in [0.25, 0.3) is 0 Å². The minimum atomic E-state index is 0. The number of anilines is 3. The number of nitrogens with two attached hydrogens (primary N) is 1. The van der Waals surface area contributed by atoms with Gasteiger partial charge in [0.15, 0.2) is 0 Å². The fourth-order valence-electron chi connectivity index (χ4n) is 3.20. The van der Waals surface area contributed by atoms with Crippen molar-refractivity contribution in [1.29, 1.82) is 0 Å². The van der Waals surface area contributed by atoms with E-state index in [1.807, 2.05) is 25.4 Å². The van der Waals surface area contributed by atoms with Crippen LogP contribution in [0.25, 0.3) is 11.0 Å². The standard InChI is InChI=1S/C17H18ClN5.ClH/c1-23-16-12(18)6-7-14(15(16)22-17(23)19)21-11-8-10-4-2-3-5-13(10)20-9-11;/h6-9,21H,2-5H2,1H3,(H2,19,22);1H. The fraction of sp³-hybridized carbons (Fsp3) is 0.294. The largest absolute Gasteiger partial charge is 0.369 e. The zero-order valence-electron chi connectivity index (χ0n) is 13.3. The highest BCUT2D eigenvalue weighted by atomic mass is 35.5. The molecule has 4 rings (SSSR count). The van der Waals surface area contributed by atoms with Gasteiger partial charge in [0.05, 0.1) is 28.1 Å². The second-order valence-electron chi connectivity index (χ2n) is 5.98. The number of imidazole rings is 1. The van der Waals surface area contributed by atoms with E-state index in [0.29, 0.717) is 11.0 Å². The lowest BCUT2D eigenvalue weighted by atomic mass is 9.96. The molecule has 0 saturated carbocycles. The summed E-state index contributed by atoms with van der Waals surface area (Å²) in [7, 11) is 1.86.